The molecule has 1 saturated carbocycles. The average Bonchev–Trinajstić information content (AvgIpc) is 2.76. The zero-order valence-corrected chi connectivity index (χ0v) is 12.3. The summed E-state index contributed by atoms with van der Waals surface area (Å²) in [4.78, 5) is 4.09. The van der Waals surface area contributed by atoms with E-state index in [1.807, 2.05) is 6.07 Å². The van der Waals surface area contributed by atoms with Gasteiger partial charge in [0, 0.05) is 21.4 Å². The van der Waals surface area contributed by atoms with Gasteiger partial charge in [-0.15, -0.1) is 0 Å². The quantitative estimate of drug-likeness (QED) is 0.761. The zero-order valence-electron chi connectivity index (χ0n) is 9.09. The van der Waals surface area contributed by atoms with Crippen molar-refractivity contribution >= 4 is 31.9 Å². The van der Waals surface area contributed by atoms with Crippen molar-refractivity contribution in [2.24, 2.45) is 5.41 Å². The van der Waals surface area contributed by atoms with Gasteiger partial charge in [0.1, 0.15) is 5.75 Å². The number of pyridine rings is 1. The van der Waals surface area contributed by atoms with Crippen LogP contribution >= 0.6 is 31.9 Å². The largest absolute Gasteiger partial charge is 0.491 e. The van der Waals surface area contributed by atoms with Crippen LogP contribution in [0.1, 0.15) is 25.7 Å². The van der Waals surface area contributed by atoms with E-state index >= 15 is 0 Å². The van der Waals surface area contributed by atoms with Crippen LogP contribution in [0.25, 0.3) is 0 Å². The second-order valence-electron chi connectivity index (χ2n) is 4.47. The van der Waals surface area contributed by atoms with Crippen LogP contribution in [-0.4, -0.2) is 16.9 Å². The van der Waals surface area contributed by atoms with Crippen molar-refractivity contribution in [3.8, 4) is 5.75 Å². The van der Waals surface area contributed by atoms with E-state index in [1.165, 1.54) is 25.7 Å². The molecule has 1 aliphatic carbocycles. The highest BCUT2D eigenvalue weighted by molar-refractivity contribution is 9.10. The molecule has 0 unspecified atom stereocenters. The van der Waals surface area contributed by atoms with Gasteiger partial charge in [-0.05, 0) is 34.8 Å². The molecule has 1 aliphatic rings. The Bertz CT molecular complexity index is 351. The van der Waals surface area contributed by atoms with Gasteiger partial charge >= 0.3 is 0 Å². The number of ether oxygens (including phenoxy) is 1. The summed E-state index contributed by atoms with van der Waals surface area (Å²) in [6.45, 7) is 0.788. The fourth-order valence-corrected chi connectivity index (χ4v) is 3.22. The molecule has 0 aromatic carbocycles. The molecule has 1 aromatic rings. The molecule has 1 fully saturated rings. The van der Waals surface area contributed by atoms with E-state index in [9.17, 15) is 0 Å². The van der Waals surface area contributed by atoms with E-state index in [1.54, 1.807) is 12.4 Å². The summed E-state index contributed by atoms with van der Waals surface area (Å²) in [6, 6.07) is 1.96. The summed E-state index contributed by atoms with van der Waals surface area (Å²) < 4.78 is 6.80. The topological polar surface area (TPSA) is 22.1 Å². The monoisotopic (exact) mass is 347 g/mol. The highest BCUT2D eigenvalue weighted by atomic mass is 79.9. The second kappa shape index (κ2) is 5.50. The second-order valence-corrected chi connectivity index (χ2v) is 5.94. The van der Waals surface area contributed by atoms with Gasteiger partial charge in [0.25, 0.3) is 0 Å². The lowest BCUT2D eigenvalue weighted by Gasteiger charge is -2.26. The Kier molecular flexibility index (Phi) is 4.25. The summed E-state index contributed by atoms with van der Waals surface area (Å²) in [7, 11) is 0. The van der Waals surface area contributed by atoms with Crippen molar-refractivity contribution in [2.45, 2.75) is 25.7 Å². The van der Waals surface area contributed by atoms with Crippen molar-refractivity contribution < 1.29 is 4.74 Å². The van der Waals surface area contributed by atoms with Crippen molar-refractivity contribution in [2.75, 3.05) is 11.9 Å². The molecule has 0 aliphatic heterocycles. The first-order valence-corrected chi connectivity index (χ1v) is 7.45. The van der Waals surface area contributed by atoms with Gasteiger partial charge < -0.3 is 4.74 Å². The number of rotatable bonds is 4. The Labute approximate surface area is 113 Å². The summed E-state index contributed by atoms with van der Waals surface area (Å²) in [5.41, 5.74) is 0.336. The molecular weight excluding hydrogens is 334 g/mol. The van der Waals surface area contributed by atoms with Crippen LogP contribution in [0.5, 0.6) is 5.75 Å². The first-order valence-electron chi connectivity index (χ1n) is 5.53. The Morgan fingerprint density at radius 2 is 2.06 bits per heavy atom. The molecular formula is C12H15Br2NO. The van der Waals surface area contributed by atoms with Crippen LogP contribution in [-0.2, 0) is 0 Å². The Balaban J connectivity index is 1.95. The highest BCUT2D eigenvalue weighted by Crippen LogP contribution is 2.40. The van der Waals surface area contributed by atoms with Crippen molar-refractivity contribution in [3.05, 3.63) is 22.9 Å². The summed E-state index contributed by atoms with van der Waals surface area (Å²) in [5, 5.41) is 1.03. The predicted molar refractivity (Wildman–Crippen MR) is 72.1 cm³/mol. The van der Waals surface area contributed by atoms with Gasteiger partial charge in [0.2, 0.25) is 0 Å². The molecule has 88 valence electrons. The van der Waals surface area contributed by atoms with Crippen molar-refractivity contribution in [1.29, 1.82) is 0 Å². The van der Waals surface area contributed by atoms with Crippen LogP contribution in [0.4, 0.5) is 0 Å². The van der Waals surface area contributed by atoms with E-state index < -0.39 is 0 Å². The molecule has 4 heteroatoms. The molecule has 1 heterocycles. The van der Waals surface area contributed by atoms with E-state index in [0.717, 1.165) is 22.2 Å². The number of halogens is 2. The Morgan fingerprint density at radius 3 is 2.69 bits per heavy atom. The maximum absolute atomic E-state index is 5.84. The van der Waals surface area contributed by atoms with Gasteiger partial charge in [-0.2, -0.15) is 0 Å². The molecule has 0 saturated heterocycles. The van der Waals surface area contributed by atoms with Gasteiger partial charge in [0.15, 0.2) is 0 Å². The first kappa shape index (κ1) is 12.4. The number of hydrogen-bond acceptors (Lipinski definition) is 2. The third kappa shape index (κ3) is 2.98. The first-order chi connectivity index (χ1) is 7.74. The maximum atomic E-state index is 5.84. The minimum absolute atomic E-state index is 0.336. The van der Waals surface area contributed by atoms with E-state index in [4.69, 9.17) is 4.74 Å². The standard InChI is InChI=1S/C12H15Br2NO/c13-8-12(3-1-2-4-12)9-16-11-5-10(14)6-15-7-11/h5-7H,1-4,8-9H2. The third-order valence-corrected chi connectivity index (χ3v) is 4.80. The smallest absolute Gasteiger partial charge is 0.138 e. The van der Waals surface area contributed by atoms with Gasteiger partial charge in [-0.25, -0.2) is 0 Å². The number of nitrogens with zero attached hydrogens (tertiary/aromatic N) is 1. The van der Waals surface area contributed by atoms with Crippen molar-refractivity contribution in [1.82, 2.24) is 4.98 Å². The molecule has 1 aromatic heterocycles. The molecule has 16 heavy (non-hydrogen) atoms. The summed E-state index contributed by atoms with van der Waals surface area (Å²) >= 11 is 7.01. The van der Waals surface area contributed by atoms with Crippen LogP contribution in [0.3, 0.4) is 0 Å². The lowest BCUT2D eigenvalue weighted by molar-refractivity contribution is 0.173. The van der Waals surface area contributed by atoms with Crippen LogP contribution in [0.2, 0.25) is 0 Å². The SMILES string of the molecule is BrCC1(COc2cncc(Br)c2)CCCC1. The van der Waals surface area contributed by atoms with Crippen LogP contribution < -0.4 is 4.74 Å². The fourth-order valence-electron chi connectivity index (χ4n) is 2.15. The number of alkyl halides is 1. The molecule has 0 amide bonds. The van der Waals surface area contributed by atoms with Crippen LogP contribution in [0, 0.1) is 5.41 Å². The molecule has 0 bridgehead atoms. The summed E-state index contributed by atoms with van der Waals surface area (Å²) in [5.74, 6) is 0.849. The average molecular weight is 349 g/mol. The van der Waals surface area contributed by atoms with Crippen molar-refractivity contribution in [3.63, 3.8) is 0 Å². The van der Waals surface area contributed by atoms with E-state index in [0.29, 0.717) is 5.41 Å². The summed E-state index contributed by atoms with van der Waals surface area (Å²) in [6.07, 6.45) is 8.71. The molecule has 2 rings (SSSR count). The van der Waals surface area contributed by atoms with Gasteiger partial charge in [0.05, 0.1) is 12.8 Å². The highest BCUT2D eigenvalue weighted by Gasteiger charge is 2.33. The Hall–Kier alpha value is -0.0900. The Morgan fingerprint density at radius 1 is 1.31 bits per heavy atom. The normalized spacial score (nSPS) is 18.6. The molecule has 0 radical (unpaired) electrons. The van der Waals surface area contributed by atoms with Gasteiger partial charge in [-0.3, -0.25) is 4.98 Å². The molecule has 2 nitrogen and oxygen atoms in total. The molecule has 0 spiro atoms. The fraction of sp³-hybridized carbons (Fsp3) is 0.583. The van der Waals surface area contributed by atoms with E-state index in [-0.39, 0.29) is 0 Å². The lowest BCUT2D eigenvalue weighted by atomic mass is 9.90. The molecule has 0 atom stereocenters. The van der Waals surface area contributed by atoms with Crippen LogP contribution in [0.15, 0.2) is 22.9 Å². The number of hydrogen-bond donors (Lipinski definition) is 0. The minimum Gasteiger partial charge on any atom is -0.491 e. The minimum atomic E-state index is 0.336. The predicted octanol–water partition coefficient (Wildman–Crippen LogP) is 4.18. The van der Waals surface area contributed by atoms with E-state index in [2.05, 4.69) is 36.8 Å². The maximum Gasteiger partial charge on any atom is 0.138 e. The molecule has 0 N–H and O–H groups in total. The zero-order chi connectivity index (χ0) is 11.4. The number of aromatic nitrogens is 1. The lowest BCUT2D eigenvalue weighted by Crippen LogP contribution is -2.27. The third-order valence-electron chi connectivity index (χ3n) is 3.17. The van der Waals surface area contributed by atoms with Gasteiger partial charge in [-0.1, -0.05) is 28.8 Å².